The molecule has 2 rings (SSSR count). The Hall–Kier alpha value is -2.84. The van der Waals surface area contributed by atoms with Gasteiger partial charge < -0.3 is 9.47 Å². The van der Waals surface area contributed by atoms with Crippen LogP contribution in [-0.4, -0.2) is 29.6 Å². The molecule has 28 heavy (non-hydrogen) atoms. The predicted octanol–water partition coefficient (Wildman–Crippen LogP) is 2.84. The van der Waals surface area contributed by atoms with Gasteiger partial charge in [-0.05, 0) is 74.6 Å². The second kappa shape index (κ2) is 10.5. The van der Waals surface area contributed by atoms with E-state index in [0.29, 0.717) is 22.1 Å². The van der Waals surface area contributed by atoms with Crippen molar-refractivity contribution in [3.63, 3.8) is 0 Å². The lowest BCUT2D eigenvalue weighted by Crippen LogP contribution is -2.49. The van der Waals surface area contributed by atoms with Gasteiger partial charge in [-0.25, -0.2) is 0 Å². The average molecular weight is 422 g/mol. The highest BCUT2D eigenvalue weighted by molar-refractivity contribution is 7.80. The Morgan fingerprint density at radius 1 is 1.00 bits per heavy atom. The van der Waals surface area contributed by atoms with E-state index in [-0.39, 0.29) is 17.8 Å². The molecular weight excluding hydrogens is 402 g/mol. The quantitative estimate of drug-likeness (QED) is 0.491. The van der Waals surface area contributed by atoms with Crippen LogP contribution in [0.15, 0.2) is 48.5 Å². The highest BCUT2D eigenvalue weighted by Crippen LogP contribution is 2.15. The fourth-order valence-corrected chi connectivity index (χ4v) is 2.28. The second-order valence-electron chi connectivity index (χ2n) is 5.89. The molecule has 2 amide bonds. The number of thiocarbonyl (C=S) groups is 1. The van der Waals surface area contributed by atoms with Gasteiger partial charge in [0.05, 0.1) is 6.10 Å². The van der Waals surface area contributed by atoms with Crippen LogP contribution in [0.25, 0.3) is 0 Å². The van der Waals surface area contributed by atoms with Gasteiger partial charge >= 0.3 is 0 Å². The summed E-state index contributed by atoms with van der Waals surface area (Å²) >= 11 is 10.8. The average Bonchev–Trinajstić information content (AvgIpc) is 2.66. The Balaban J connectivity index is 1.72. The molecule has 0 fully saturated rings. The molecule has 0 saturated carbocycles. The zero-order valence-corrected chi connectivity index (χ0v) is 16.9. The summed E-state index contributed by atoms with van der Waals surface area (Å²) in [5.41, 5.74) is 5.18. The summed E-state index contributed by atoms with van der Waals surface area (Å²) in [4.78, 5) is 23.9. The van der Waals surface area contributed by atoms with Crippen molar-refractivity contribution in [2.24, 2.45) is 0 Å². The molecule has 2 aromatic rings. The number of ether oxygens (including phenoxy) is 2. The van der Waals surface area contributed by atoms with Gasteiger partial charge in [-0.2, -0.15) is 0 Å². The molecule has 0 heterocycles. The van der Waals surface area contributed by atoms with Crippen LogP contribution in [0.3, 0.4) is 0 Å². The second-order valence-corrected chi connectivity index (χ2v) is 6.73. The molecule has 0 bridgehead atoms. The number of benzene rings is 2. The van der Waals surface area contributed by atoms with E-state index in [9.17, 15) is 9.59 Å². The van der Waals surface area contributed by atoms with Gasteiger partial charge in [0.15, 0.2) is 11.7 Å². The molecule has 148 valence electrons. The Kier molecular flexibility index (Phi) is 8.03. The van der Waals surface area contributed by atoms with Gasteiger partial charge in [-0.3, -0.25) is 25.8 Å². The lowest BCUT2D eigenvalue weighted by atomic mass is 10.2. The Labute approximate surface area is 173 Å². The number of hydrazine groups is 1. The van der Waals surface area contributed by atoms with Crippen LogP contribution < -0.4 is 25.6 Å². The topological polar surface area (TPSA) is 88.7 Å². The molecule has 0 aromatic heterocycles. The third-order valence-corrected chi connectivity index (χ3v) is 3.67. The number of amides is 2. The molecule has 0 aliphatic heterocycles. The molecule has 0 aliphatic carbocycles. The van der Waals surface area contributed by atoms with E-state index >= 15 is 0 Å². The number of nitrogens with one attached hydrogen (secondary N) is 3. The van der Waals surface area contributed by atoms with Gasteiger partial charge in [0.25, 0.3) is 11.8 Å². The van der Waals surface area contributed by atoms with Crippen molar-refractivity contribution in [1.82, 2.24) is 16.2 Å². The molecule has 3 N–H and O–H groups in total. The van der Waals surface area contributed by atoms with Gasteiger partial charge in [-0.15, -0.1) is 0 Å². The van der Waals surface area contributed by atoms with Gasteiger partial charge in [0, 0.05) is 10.6 Å². The van der Waals surface area contributed by atoms with E-state index in [4.69, 9.17) is 33.3 Å². The Morgan fingerprint density at radius 2 is 1.61 bits per heavy atom. The molecular formula is C19H20ClN3O4S. The van der Waals surface area contributed by atoms with Crippen LogP contribution in [-0.2, 0) is 4.79 Å². The molecule has 0 atom stereocenters. The molecule has 7 nitrogen and oxygen atoms in total. The summed E-state index contributed by atoms with van der Waals surface area (Å²) in [5, 5.41) is 2.98. The molecule has 9 heteroatoms. The normalized spacial score (nSPS) is 10.1. The fraction of sp³-hybridized carbons (Fsp3) is 0.211. The van der Waals surface area contributed by atoms with Gasteiger partial charge in [-0.1, -0.05) is 11.6 Å². The van der Waals surface area contributed by atoms with Crippen molar-refractivity contribution in [3.05, 3.63) is 59.1 Å². The van der Waals surface area contributed by atoms with Crippen molar-refractivity contribution in [3.8, 4) is 11.5 Å². The molecule has 0 unspecified atom stereocenters. The molecule has 0 radical (unpaired) electrons. The smallest absolute Gasteiger partial charge is 0.276 e. The highest BCUT2D eigenvalue weighted by atomic mass is 35.5. The summed E-state index contributed by atoms with van der Waals surface area (Å²) in [5.74, 6) is 0.280. The minimum atomic E-state index is -0.471. The van der Waals surface area contributed by atoms with Crippen molar-refractivity contribution in [1.29, 1.82) is 0 Å². The van der Waals surface area contributed by atoms with Crippen LogP contribution in [0.4, 0.5) is 0 Å². The number of rotatable bonds is 6. The van der Waals surface area contributed by atoms with Crippen molar-refractivity contribution in [2.45, 2.75) is 20.0 Å². The SMILES string of the molecule is CC(C)Oc1ccc(C(=O)NC(=S)NNC(=O)COc2ccc(Cl)cc2)cc1. The van der Waals surface area contributed by atoms with Gasteiger partial charge in [0.2, 0.25) is 0 Å². The van der Waals surface area contributed by atoms with Crippen LogP contribution in [0, 0.1) is 0 Å². The monoisotopic (exact) mass is 421 g/mol. The first-order valence-electron chi connectivity index (χ1n) is 8.38. The Bertz CT molecular complexity index is 826. The molecule has 0 saturated heterocycles. The van der Waals surface area contributed by atoms with E-state index < -0.39 is 11.8 Å². The number of hydrogen-bond donors (Lipinski definition) is 3. The maximum absolute atomic E-state index is 12.1. The molecule has 0 aliphatic rings. The van der Waals surface area contributed by atoms with Crippen LogP contribution in [0.1, 0.15) is 24.2 Å². The predicted molar refractivity (Wildman–Crippen MR) is 110 cm³/mol. The zero-order valence-electron chi connectivity index (χ0n) is 15.3. The molecule has 0 spiro atoms. The van der Waals surface area contributed by atoms with E-state index in [1.165, 1.54) is 0 Å². The number of carbonyl (C=O) groups is 2. The number of carbonyl (C=O) groups excluding carboxylic acids is 2. The van der Waals surface area contributed by atoms with E-state index in [1.807, 2.05) is 13.8 Å². The van der Waals surface area contributed by atoms with Crippen molar-refractivity contribution >= 4 is 40.7 Å². The minimum absolute atomic E-state index is 0.0451. The standard InChI is InChI=1S/C19H20ClN3O4S/c1-12(2)27-16-7-3-13(4-8-16)18(25)21-19(28)23-22-17(24)11-26-15-9-5-14(20)6-10-15/h3-10,12H,11H2,1-2H3,(H,22,24)(H2,21,23,25,28). The number of hydrogen-bond acceptors (Lipinski definition) is 5. The third-order valence-electron chi connectivity index (χ3n) is 3.21. The first kappa shape index (κ1) is 21.5. The van der Waals surface area contributed by atoms with E-state index in [1.54, 1.807) is 48.5 Å². The first-order valence-corrected chi connectivity index (χ1v) is 9.17. The Morgan fingerprint density at radius 3 is 2.21 bits per heavy atom. The maximum Gasteiger partial charge on any atom is 0.276 e. The lowest BCUT2D eigenvalue weighted by molar-refractivity contribution is -0.123. The number of halogens is 1. The van der Waals surface area contributed by atoms with Crippen LogP contribution in [0.5, 0.6) is 11.5 Å². The van der Waals surface area contributed by atoms with Crippen molar-refractivity contribution < 1.29 is 19.1 Å². The summed E-state index contributed by atoms with van der Waals surface area (Å²) in [6, 6.07) is 13.2. The molecule has 2 aromatic carbocycles. The maximum atomic E-state index is 12.1. The highest BCUT2D eigenvalue weighted by Gasteiger charge is 2.09. The largest absolute Gasteiger partial charge is 0.491 e. The summed E-state index contributed by atoms with van der Waals surface area (Å²) in [7, 11) is 0. The first-order chi connectivity index (χ1) is 13.3. The van der Waals surface area contributed by atoms with Gasteiger partial charge in [0.1, 0.15) is 11.5 Å². The summed E-state index contributed by atoms with van der Waals surface area (Å²) < 4.78 is 10.8. The van der Waals surface area contributed by atoms with E-state index in [0.717, 1.165) is 0 Å². The fourth-order valence-electron chi connectivity index (χ4n) is 2.01. The summed E-state index contributed by atoms with van der Waals surface area (Å²) in [6.07, 6.45) is 0.0451. The lowest BCUT2D eigenvalue weighted by Gasteiger charge is -2.12. The van der Waals surface area contributed by atoms with Crippen LogP contribution in [0.2, 0.25) is 5.02 Å². The minimum Gasteiger partial charge on any atom is -0.491 e. The third kappa shape index (κ3) is 7.42. The van der Waals surface area contributed by atoms with Crippen molar-refractivity contribution in [2.75, 3.05) is 6.61 Å². The zero-order chi connectivity index (χ0) is 20.5. The van der Waals surface area contributed by atoms with Crippen LogP contribution >= 0.6 is 23.8 Å². The van der Waals surface area contributed by atoms with E-state index in [2.05, 4.69) is 16.2 Å². The summed E-state index contributed by atoms with van der Waals surface area (Å²) in [6.45, 7) is 3.60.